The molecule has 1 aromatic carbocycles. The zero-order valence-corrected chi connectivity index (χ0v) is 9.97. The lowest BCUT2D eigenvalue weighted by Crippen LogP contribution is -1.71. The number of aryl methyl sites for hydroxylation is 1. The molecule has 0 aliphatic carbocycles. The lowest BCUT2D eigenvalue weighted by Gasteiger charge is -1.90. The molecule has 0 radical (unpaired) electrons. The van der Waals surface area contributed by atoms with Crippen molar-refractivity contribution in [3.8, 4) is 11.8 Å². The Hall–Kier alpha value is -1.39. The first-order valence-corrected chi connectivity index (χ1v) is 5.88. The molecular weight excluding hydrogens is 220 g/mol. The van der Waals surface area contributed by atoms with Gasteiger partial charge in [-0.25, -0.2) is 0 Å². The Morgan fingerprint density at radius 2 is 2.25 bits per heavy atom. The minimum atomic E-state index is 0.661. The molecule has 0 aliphatic heterocycles. The molecule has 0 fully saturated rings. The topological polar surface area (TPSA) is 13.1 Å². The number of para-hydroxylation sites is 1. The van der Waals surface area contributed by atoms with Gasteiger partial charge in [-0.05, 0) is 24.8 Å². The monoisotopic (exact) mass is 232 g/mol. The van der Waals surface area contributed by atoms with E-state index in [0.717, 1.165) is 35.1 Å². The van der Waals surface area contributed by atoms with Crippen LogP contribution in [0.3, 0.4) is 0 Å². The average Bonchev–Trinajstić information content (AvgIpc) is 2.69. The molecule has 2 rings (SSSR count). The maximum atomic E-state index is 5.67. The molecule has 1 nitrogen and oxygen atoms in total. The predicted molar refractivity (Wildman–Crippen MR) is 67.8 cm³/mol. The molecule has 0 N–H and O–H groups in total. The van der Waals surface area contributed by atoms with E-state index in [1.807, 2.05) is 31.2 Å². The molecular formula is C14H13ClO. The van der Waals surface area contributed by atoms with Gasteiger partial charge in [-0.3, -0.25) is 0 Å². The van der Waals surface area contributed by atoms with Crippen LogP contribution >= 0.6 is 11.6 Å². The van der Waals surface area contributed by atoms with Gasteiger partial charge in [0.05, 0.1) is 0 Å². The van der Waals surface area contributed by atoms with Gasteiger partial charge in [0.1, 0.15) is 5.58 Å². The van der Waals surface area contributed by atoms with Crippen molar-refractivity contribution >= 4 is 22.6 Å². The van der Waals surface area contributed by atoms with Gasteiger partial charge in [-0.1, -0.05) is 24.1 Å². The second-order valence-corrected chi connectivity index (χ2v) is 4.08. The number of unbranched alkanes of at least 4 members (excludes halogenated alkanes) is 1. The smallest absolute Gasteiger partial charge is 0.178 e. The first-order chi connectivity index (χ1) is 7.81. The molecule has 2 aromatic rings. The molecule has 16 heavy (non-hydrogen) atoms. The number of fused-ring (bicyclic) bond motifs is 1. The fourth-order valence-corrected chi connectivity index (χ4v) is 1.71. The van der Waals surface area contributed by atoms with E-state index < -0.39 is 0 Å². The summed E-state index contributed by atoms with van der Waals surface area (Å²) in [6.45, 7) is 2.04. The van der Waals surface area contributed by atoms with Crippen molar-refractivity contribution in [2.24, 2.45) is 0 Å². The lowest BCUT2D eigenvalue weighted by atomic mass is 10.2. The van der Waals surface area contributed by atoms with Gasteiger partial charge in [0.2, 0.25) is 0 Å². The van der Waals surface area contributed by atoms with Gasteiger partial charge >= 0.3 is 0 Å². The summed E-state index contributed by atoms with van der Waals surface area (Å²) in [7, 11) is 0. The Bertz CT molecular complexity index is 543. The van der Waals surface area contributed by atoms with Crippen molar-refractivity contribution in [3.05, 3.63) is 35.6 Å². The van der Waals surface area contributed by atoms with Crippen LogP contribution in [0.5, 0.6) is 0 Å². The summed E-state index contributed by atoms with van der Waals surface area (Å²) in [6, 6.07) is 8.08. The number of hydrogen-bond acceptors (Lipinski definition) is 1. The molecule has 0 bridgehead atoms. The fourth-order valence-electron chi connectivity index (χ4n) is 1.58. The minimum Gasteiger partial charge on any atom is -0.447 e. The second kappa shape index (κ2) is 5.09. The third-order valence-electron chi connectivity index (χ3n) is 2.39. The van der Waals surface area contributed by atoms with E-state index in [9.17, 15) is 0 Å². The van der Waals surface area contributed by atoms with Crippen LogP contribution in [-0.2, 0) is 0 Å². The third-order valence-corrected chi connectivity index (χ3v) is 2.66. The van der Waals surface area contributed by atoms with Crippen LogP contribution in [0.2, 0.25) is 0 Å². The van der Waals surface area contributed by atoms with Crippen LogP contribution in [0.4, 0.5) is 0 Å². The third kappa shape index (κ3) is 2.40. The molecule has 1 aromatic heterocycles. The quantitative estimate of drug-likeness (QED) is 0.432. The van der Waals surface area contributed by atoms with Crippen molar-refractivity contribution in [1.29, 1.82) is 0 Å². The SMILES string of the molecule is Cc1cccc2cc(C#CCCCCl)oc12. The molecule has 1 heterocycles. The van der Waals surface area contributed by atoms with E-state index in [-0.39, 0.29) is 0 Å². The zero-order chi connectivity index (χ0) is 11.4. The van der Waals surface area contributed by atoms with Gasteiger partial charge in [-0.2, -0.15) is 0 Å². The zero-order valence-electron chi connectivity index (χ0n) is 9.22. The van der Waals surface area contributed by atoms with E-state index in [1.165, 1.54) is 0 Å². The summed E-state index contributed by atoms with van der Waals surface area (Å²) in [6.07, 6.45) is 1.74. The molecule has 0 saturated carbocycles. The number of benzene rings is 1. The maximum Gasteiger partial charge on any atom is 0.178 e. The Morgan fingerprint density at radius 3 is 3.00 bits per heavy atom. The molecule has 0 unspecified atom stereocenters. The summed E-state index contributed by atoms with van der Waals surface area (Å²) in [5.74, 6) is 7.47. The standard InChI is InChI=1S/C14H13ClO/c1-11-6-5-7-12-10-13(16-14(11)12)8-3-2-4-9-15/h5-7,10H,2,4,9H2,1H3. The number of furan rings is 1. The molecule has 2 heteroatoms. The number of halogens is 1. The van der Waals surface area contributed by atoms with Gasteiger partial charge in [0.15, 0.2) is 5.76 Å². The lowest BCUT2D eigenvalue weighted by molar-refractivity contribution is 0.599. The molecule has 82 valence electrons. The average molecular weight is 233 g/mol. The highest BCUT2D eigenvalue weighted by Crippen LogP contribution is 2.21. The highest BCUT2D eigenvalue weighted by Gasteiger charge is 2.02. The van der Waals surface area contributed by atoms with Crippen LogP contribution in [0.25, 0.3) is 11.0 Å². The van der Waals surface area contributed by atoms with Crippen LogP contribution in [0.1, 0.15) is 24.2 Å². The van der Waals surface area contributed by atoms with E-state index in [0.29, 0.717) is 5.88 Å². The van der Waals surface area contributed by atoms with Crippen molar-refractivity contribution in [2.45, 2.75) is 19.8 Å². The summed E-state index contributed by atoms with van der Waals surface area (Å²) >= 11 is 5.58. The first kappa shape index (κ1) is 11.1. The summed E-state index contributed by atoms with van der Waals surface area (Å²) in [5.41, 5.74) is 2.08. The molecule has 0 spiro atoms. The molecule has 0 saturated heterocycles. The number of hydrogen-bond donors (Lipinski definition) is 0. The van der Waals surface area contributed by atoms with Crippen LogP contribution in [0, 0.1) is 18.8 Å². The Balaban J connectivity index is 2.25. The molecule has 0 aliphatic rings. The Kier molecular flexibility index (Phi) is 3.54. The normalized spacial score (nSPS) is 10.1. The van der Waals surface area contributed by atoms with Gasteiger partial charge < -0.3 is 4.42 Å². The van der Waals surface area contributed by atoms with Crippen LogP contribution < -0.4 is 0 Å². The van der Waals surface area contributed by atoms with Crippen LogP contribution in [-0.4, -0.2) is 5.88 Å². The van der Waals surface area contributed by atoms with Gasteiger partial charge in [0.25, 0.3) is 0 Å². The predicted octanol–water partition coefficient (Wildman–Crippen LogP) is 4.11. The Labute approximate surface area is 100 Å². The second-order valence-electron chi connectivity index (χ2n) is 3.70. The van der Waals surface area contributed by atoms with Crippen molar-refractivity contribution in [3.63, 3.8) is 0 Å². The first-order valence-electron chi connectivity index (χ1n) is 5.35. The van der Waals surface area contributed by atoms with Gasteiger partial charge in [-0.15, -0.1) is 11.6 Å². The summed E-state index contributed by atoms with van der Waals surface area (Å²) in [4.78, 5) is 0. The maximum absolute atomic E-state index is 5.67. The van der Waals surface area contributed by atoms with E-state index in [1.54, 1.807) is 0 Å². The molecule has 0 amide bonds. The highest BCUT2D eigenvalue weighted by molar-refractivity contribution is 6.17. The van der Waals surface area contributed by atoms with Crippen molar-refractivity contribution < 1.29 is 4.42 Å². The summed E-state index contributed by atoms with van der Waals surface area (Å²) in [5, 5.41) is 1.11. The Morgan fingerprint density at radius 1 is 1.38 bits per heavy atom. The van der Waals surface area contributed by atoms with E-state index in [2.05, 4.69) is 11.8 Å². The van der Waals surface area contributed by atoms with Crippen molar-refractivity contribution in [2.75, 3.05) is 5.88 Å². The fraction of sp³-hybridized carbons (Fsp3) is 0.286. The largest absolute Gasteiger partial charge is 0.447 e. The minimum absolute atomic E-state index is 0.661. The van der Waals surface area contributed by atoms with Crippen molar-refractivity contribution in [1.82, 2.24) is 0 Å². The van der Waals surface area contributed by atoms with Crippen LogP contribution in [0.15, 0.2) is 28.7 Å². The van der Waals surface area contributed by atoms with E-state index in [4.69, 9.17) is 16.0 Å². The highest BCUT2D eigenvalue weighted by atomic mass is 35.5. The van der Waals surface area contributed by atoms with E-state index >= 15 is 0 Å². The number of rotatable bonds is 2. The molecule has 0 atom stereocenters. The summed E-state index contributed by atoms with van der Waals surface area (Å²) < 4.78 is 5.67. The van der Waals surface area contributed by atoms with Gasteiger partial charge in [0, 0.05) is 23.8 Å². The number of alkyl halides is 1.